The molecular formula is C30H36N6O3. The van der Waals surface area contributed by atoms with Gasteiger partial charge in [-0.2, -0.15) is 10.4 Å². The van der Waals surface area contributed by atoms with Crippen molar-refractivity contribution in [3.63, 3.8) is 0 Å². The number of piperidine rings is 1. The number of nitrogens with one attached hydrogen (secondary N) is 1. The molecule has 2 aromatic carbocycles. The summed E-state index contributed by atoms with van der Waals surface area (Å²) in [5, 5.41) is 38.3. The number of benzene rings is 2. The van der Waals surface area contributed by atoms with E-state index in [0.29, 0.717) is 19.4 Å². The summed E-state index contributed by atoms with van der Waals surface area (Å²) in [5.41, 5.74) is 9.34. The highest BCUT2D eigenvalue weighted by molar-refractivity contribution is 5.97. The maximum Gasteiger partial charge on any atom is 0.254 e. The zero-order chi connectivity index (χ0) is 27.6. The Morgan fingerprint density at radius 1 is 1.21 bits per heavy atom. The Morgan fingerprint density at radius 2 is 1.90 bits per heavy atom. The van der Waals surface area contributed by atoms with Gasteiger partial charge < -0.3 is 21.3 Å². The summed E-state index contributed by atoms with van der Waals surface area (Å²) in [7, 11) is 0. The van der Waals surface area contributed by atoms with Crippen molar-refractivity contribution in [3.8, 4) is 22.9 Å². The molecule has 3 aromatic rings. The van der Waals surface area contributed by atoms with E-state index < -0.39 is 17.7 Å². The second-order valence-electron chi connectivity index (χ2n) is 10.9. The number of aliphatic hydroxyl groups is 1. The minimum Gasteiger partial charge on any atom is -0.507 e. The van der Waals surface area contributed by atoms with Gasteiger partial charge in [0.1, 0.15) is 17.5 Å². The van der Waals surface area contributed by atoms with Crippen molar-refractivity contribution in [2.45, 2.75) is 63.8 Å². The number of nitriles is 1. The number of hydrogen-bond donors (Lipinski definition) is 4. The Kier molecular flexibility index (Phi) is 7.60. The summed E-state index contributed by atoms with van der Waals surface area (Å²) in [6.45, 7) is 4.25. The van der Waals surface area contributed by atoms with Gasteiger partial charge in [0.25, 0.3) is 5.91 Å². The number of carbonyl (C=O) groups is 1. The zero-order valence-electron chi connectivity index (χ0n) is 22.3. The molecule has 0 bridgehead atoms. The summed E-state index contributed by atoms with van der Waals surface area (Å²) in [4.78, 5) is 14.4. The van der Waals surface area contributed by atoms with E-state index in [9.17, 15) is 20.3 Å². The molecule has 1 atom stereocenters. The maximum atomic E-state index is 12.1. The third kappa shape index (κ3) is 5.77. The molecule has 5 rings (SSSR count). The van der Waals surface area contributed by atoms with Gasteiger partial charge in [-0.1, -0.05) is 43.3 Å². The lowest BCUT2D eigenvalue weighted by Crippen LogP contribution is -2.46. The van der Waals surface area contributed by atoms with Crippen molar-refractivity contribution in [1.82, 2.24) is 14.7 Å². The average Bonchev–Trinajstić information content (AvgIpc) is 3.70. The molecule has 1 aromatic heterocycles. The number of hydrogen-bond acceptors (Lipinski definition) is 7. The number of aryl methyl sites for hydroxylation is 1. The summed E-state index contributed by atoms with van der Waals surface area (Å²) >= 11 is 0. The minimum absolute atomic E-state index is 0.155. The first kappa shape index (κ1) is 26.7. The van der Waals surface area contributed by atoms with Crippen molar-refractivity contribution < 1.29 is 15.0 Å². The van der Waals surface area contributed by atoms with Crippen molar-refractivity contribution >= 4 is 11.7 Å². The number of nitrogens with zero attached hydrogens (tertiary/aromatic N) is 4. The van der Waals surface area contributed by atoms with Crippen LogP contribution >= 0.6 is 0 Å². The SMILES string of the molecule is CCc1ccc(-c2ccc(CN3CCC(CC#N)(n4cc(C(N)=O)c(NC(O)C5CC5)n4)CC3)cc2O)cc1. The predicted octanol–water partition coefficient (Wildman–Crippen LogP) is 3.96. The molecular weight excluding hydrogens is 492 g/mol. The molecule has 0 spiro atoms. The van der Waals surface area contributed by atoms with Gasteiger partial charge >= 0.3 is 0 Å². The molecule has 2 fully saturated rings. The van der Waals surface area contributed by atoms with Crippen LogP contribution in [-0.2, 0) is 18.5 Å². The second-order valence-corrected chi connectivity index (χ2v) is 10.9. The zero-order valence-corrected chi connectivity index (χ0v) is 22.3. The van der Waals surface area contributed by atoms with E-state index in [-0.39, 0.29) is 29.5 Å². The quantitative estimate of drug-likeness (QED) is 0.292. The van der Waals surface area contributed by atoms with Gasteiger partial charge in [0.2, 0.25) is 0 Å². The fourth-order valence-electron chi connectivity index (χ4n) is 5.43. The van der Waals surface area contributed by atoms with Gasteiger partial charge in [-0.15, -0.1) is 0 Å². The third-order valence-electron chi connectivity index (χ3n) is 8.16. The number of primary amides is 1. The predicted molar refractivity (Wildman–Crippen MR) is 149 cm³/mol. The number of aromatic nitrogens is 2. The number of carbonyl (C=O) groups excluding carboxylic acids is 1. The van der Waals surface area contributed by atoms with E-state index in [1.54, 1.807) is 10.9 Å². The number of aliphatic hydroxyl groups excluding tert-OH is 1. The van der Waals surface area contributed by atoms with Crippen LogP contribution in [0.25, 0.3) is 11.1 Å². The topological polar surface area (TPSA) is 140 Å². The molecule has 1 aliphatic carbocycles. The fourth-order valence-corrected chi connectivity index (χ4v) is 5.43. The van der Waals surface area contributed by atoms with Crippen LogP contribution < -0.4 is 11.1 Å². The Bertz CT molecular complexity index is 1360. The van der Waals surface area contributed by atoms with Crippen molar-refractivity contribution in [2.75, 3.05) is 18.4 Å². The van der Waals surface area contributed by atoms with Gasteiger partial charge in [-0.05, 0) is 54.9 Å². The number of likely N-dealkylation sites (tertiary alicyclic amines) is 1. The molecule has 2 heterocycles. The van der Waals surface area contributed by atoms with Crippen LogP contribution in [0.2, 0.25) is 0 Å². The number of phenolic OH excluding ortho intramolecular Hbond substituents is 1. The fraction of sp³-hybridized carbons (Fsp3) is 0.433. The van der Waals surface area contributed by atoms with E-state index in [2.05, 4.69) is 46.5 Å². The van der Waals surface area contributed by atoms with Gasteiger partial charge in [0.15, 0.2) is 5.82 Å². The summed E-state index contributed by atoms with van der Waals surface area (Å²) in [6, 6.07) is 16.4. The van der Waals surface area contributed by atoms with E-state index in [0.717, 1.165) is 49.0 Å². The van der Waals surface area contributed by atoms with Crippen LogP contribution in [0.4, 0.5) is 5.82 Å². The number of aromatic hydroxyl groups is 1. The molecule has 9 nitrogen and oxygen atoms in total. The minimum atomic E-state index is -0.779. The molecule has 1 amide bonds. The van der Waals surface area contributed by atoms with E-state index >= 15 is 0 Å². The molecule has 204 valence electrons. The Morgan fingerprint density at radius 3 is 2.49 bits per heavy atom. The van der Waals surface area contributed by atoms with Gasteiger partial charge in [0, 0.05) is 37.3 Å². The first-order valence-electron chi connectivity index (χ1n) is 13.7. The van der Waals surface area contributed by atoms with E-state index in [1.165, 1.54) is 5.56 Å². The van der Waals surface area contributed by atoms with Crippen LogP contribution in [0.3, 0.4) is 0 Å². The van der Waals surface area contributed by atoms with Gasteiger partial charge in [-0.3, -0.25) is 14.4 Å². The number of rotatable bonds is 10. The number of amides is 1. The van der Waals surface area contributed by atoms with Crippen molar-refractivity contribution in [1.29, 1.82) is 5.26 Å². The average molecular weight is 529 g/mol. The smallest absolute Gasteiger partial charge is 0.254 e. The van der Waals surface area contributed by atoms with E-state index in [1.807, 2.05) is 24.3 Å². The largest absolute Gasteiger partial charge is 0.507 e. The van der Waals surface area contributed by atoms with Crippen LogP contribution in [0, 0.1) is 17.2 Å². The van der Waals surface area contributed by atoms with Crippen LogP contribution in [0.5, 0.6) is 5.75 Å². The highest BCUT2D eigenvalue weighted by Gasteiger charge is 2.39. The molecule has 1 unspecified atom stereocenters. The molecule has 9 heteroatoms. The summed E-state index contributed by atoms with van der Waals surface area (Å²) in [6.07, 6.45) is 5.25. The Labute approximate surface area is 228 Å². The standard InChI is InChI=1S/C30H36N6O3/c1-2-20-3-6-22(7-4-20)24-10-5-21(17-26(24)37)18-35-15-12-30(11-14-31,13-16-35)36-19-25(27(32)38)28(34-36)33-29(39)23-8-9-23/h3-7,10,17,19,23,29,37,39H,2,8-9,11-13,15-16,18H2,1H3,(H2,32,38)(H,33,34). The maximum absolute atomic E-state index is 12.1. The summed E-state index contributed by atoms with van der Waals surface area (Å²) in [5.74, 6) is 0.0567. The normalized spacial score (nSPS) is 17.9. The lowest BCUT2D eigenvalue weighted by Gasteiger charge is -2.40. The van der Waals surface area contributed by atoms with E-state index in [4.69, 9.17) is 5.73 Å². The van der Waals surface area contributed by atoms with Crippen LogP contribution in [0.1, 0.15) is 60.5 Å². The highest BCUT2D eigenvalue weighted by atomic mass is 16.3. The number of anilines is 1. The third-order valence-corrected chi connectivity index (χ3v) is 8.16. The Balaban J connectivity index is 1.28. The molecule has 0 radical (unpaired) electrons. The first-order valence-corrected chi connectivity index (χ1v) is 13.7. The molecule has 1 saturated heterocycles. The highest BCUT2D eigenvalue weighted by Crippen LogP contribution is 2.37. The Hall–Kier alpha value is -3.87. The molecule has 2 aliphatic rings. The van der Waals surface area contributed by atoms with Gasteiger partial charge in [0.05, 0.1) is 18.0 Å². The lowest BCUT2D eigenvalue weighted by molar-refractivity contribution is 0.0966. The first-order chi connectivity index (χ1) is 18.8. The molecule has 1 saturated carbocycles. The monoisotopic (exact) mass is 528 g/mol. The number of phenols is 1. The number of nitrogens with two attached hydrogens (primary N) is 1. The second kappa shape index (κ2) is 11.1. The van der Waals surface area contributed by atoms with Crippen molar-refractivity contribution in [3.05, 3.63) is 65.4 Å². The van der Waals surface area contributed by atoms with Crippen LogP contribution in [-0.4, -0.2) is 50.1 Å². The lowest BCUT2D eigenvalue weighted by atomic mass is 9.84. The summed E-state index contributed by atoms with van der Waals surface area (Å²) < 4.78 is 1.71. The van der Waals surface area contributed by atoms with Crippen molar-refractivity contribution in [2.24, 2.45) is 11.7 Å². The molecule has 1 aliphatic heterocycles. The van der Waals surface area contributed by atoms with Gasteiger partial charge in [-0.25, -0.2) is 0 Å². The molecule has 5 N–H and O–H groups in total. The molecule has 39 heavy (non-hydrogen) atoms. The van der Waals surface area contributed by atoms with Crippen LogP contribution in [0.15, 0.2) is 48.7 Å².